The van der Waals surface area contributed by atoms with Crippen molar-refractivity contribution in [3.8, 4) is 17.2 Å². The lowest BCUT2D eigenvalue weighted by Gasteiger charge is -2.31. The number of nitro benzene ring substituents is 1. The van der Waals surface area contributed by atoms with Crippen LogP contribution in [0.25, 0.3) is 0 Å². The van der Waals surface area contributed by atoms with Gasteiger partial charge in [-0.3, -0.25) is 33.9 Å². The number of aromatic nitrogens is 1. The first kappa shape index (κ1) is 29.9. The number of aromatic hydroxyl groups is 1. The summed E-state index contributed by atoms with van der Waals surface area (Å²) in [5, 5.41) is 22.8. The van der Waals surface area contributed by atoms with Crippen molar-refractivity contribution in [1.29, 1.82) is 0 Å². The number of thiazole rings is 1. The number of nitro groups is 1. The number of phenolic OH excluding ortho intramolecular Hbond substituents is 1. The molecule has 1 fully saturated rings. The summed E-state index contributed by atoms with van der Waals surface area (Å²) < 4.78 is 12.2. The topological polar surface area (TPSA) is 170 Å². The molecular formula is C30H24N4O9S2. The molecule has 6 rings (SSSR count). The molecule has 2 aliphatic rings. The molecule has 15 heteroatoms. The zero-order chi connectivity index (χ0) is 32.0. The maximum atomic E-state index is 14.1. The van der Waals surface area contributed by atoms with Gasteiger partial charge in [-0.25, -0.2) is 4.90 Å². The van der Waals surface area contributed by atoms with E-state index in [2.05, 4.69) is 5.32 Å². The number of methoxy groups -OCH3 is 2. The summed E-state index contributed by atoms with van der Waals surface area (Å²) in [4.78, 5) is 66.1. The average molecular weight is 649 g/mol. The first-order chi connectivity index (χ1) is 21.6. The number of carbonyl (C=O) groups excluding carboxylic acids is 3. The largest absolute Gasteiger partial charge is 0.508 e. The number of benzene rings is 3. The minimum Gasteiger partial charge on any atom is -0.508 e. The number of phenols is 1. The molecule has 0 radical (unpaired) electrons. The predicted octanol–water partition coefficient (Wildman–Crippen LogP) is 3.98. The molecule has 13 nitrogen and oxygen atoms in total. The smallest absolute Gasteiger partial charge is 0.308 e. The highest BCUT2D eigenvalue weighted by atomic mass is 32.2. The molecule has 1 saturated heterocycles. The second-order valence-electron chi connectivity index (χ2n) is 10.2. The van der Waals surface area contributed by atoms with Crippen molar-refractivity contribution in [2.75, 3.05) is 24.4 Å². The van der Waals surface area contributed by atoms with Gasteiger partial charge in [0.2, 0.25) is 17.7 Å². The van der Waals surface area contributed by atoms with Gasteiger partial charge in [-0.1, -0.05) is 29.2 Å². The van der Waals surface area contributed by atoms with Crippen LogP contribution in [0.5, 0.6) is 17.2 Å². The Balaban J connectivity index is 1.43. The molecule has 3 aromatic carbocycles. The number of hydrogen-bond acceptors (Lipinski definition) is 11. The van der Waals surface area contributed by atoms with Crippen LogP contribution in [-0.2, 0) is 20.9 Å². The summed E-state index contributed by atoms with van der Waals surface area (Å²) in [5.74, 6) is -2.40. The van der Waals surface area contributed by atoms with Crippen molar-refractivity contribution < 1.29 is 33.9 Å². The van der Waals surface area contributed by atoms with Crippen LogP contribution >= 0.6 is 23.1 Å². The number of fused-ring (bicyclic) bond motifs is 2. The van der Waals surface area contributed by atoms with Crippen molar-refractivity contribution >= 4 is 57.9 Å². The Hall–Kier alpha value is -5.15. The summed E-state index contributed by atoms with van der Waals surface area (Å²) >= 11 is 1.94. The van der Waals surface area contributed by atoms with Gasteiger partial charge in [0.25, 0.3) is 5.69 Å². The van der Waals surface area contributed by atoms with Crippen LogP contribution in [0.4, 0.5) is 17.1 Å². The minimum absolute atomic E-state index is 0.0295. The second kappa shape index (κ2) is 11.7. The van der Waals surface area contributed by atoms with E-state index in [-0.39, 0.29) is 23.7 Å². The van der Waals surface area contributed by atoms with Crippen LogP contribution < -0.4 is 24.6 Å². The molecule has 3 atom stereocenters. The highest BCUT2D eigenvalue weighted by Crippen LogP contribution is 2.54. The van der Waals surface area contributed by atoms with Crippen molar-refractivity contribution in [3.63, 3.8) is 0 Å². The van der Waals surface area contributed by atoms with Crippen LogP contribution in [0.1, 0.15) is 16.4 Å². The zero-order valence-electron chi connectivity index (χ0n) is 23.7. The molecule has 230 valence electrons. The number of non-ortho nitro benzene ring substituents is 1. The van der Waals surface area contributed by atoms with Gasteiger partial charge in [-0.15, -0.1) is 0 Å². The van der Waals surface area contributed by atoms with Gasteiger partial charge >= 0.3 is 4.87 Å². The Labute approximate surface area is 263 Å². The van der Waals surface area contributed by atoms with E-state index in [1.54, 1.807) is 18.2 Å². The summed E-state index contributed by atoms with van der Waals surface area (Å²) in [6.07, 6.45) is 0. The third-order valence-electron chi connectivity index (χ3n) is 7.59. The summed E-state index contributed by atoms with van der Waals surface area (Å²) in [6.45, 7) is -0.358. The van der Waals surface area contributed by atoms with Gasteiger partial charge in [0.15, 0.2) is 11.5 Å². The number of imide groups is 1. The van der Waals surface area contributed by atoms with Crippen molar-refractivity contribution in [1.82, 2.24) is 4.57 Å². The van der Waals surface area contributed by atoms with E-state index < -0.39 is 44.6 Å². The van der Waals surface area contributed by atoms with E-state index in [1.165, 1.54) is 67.3 Å². The minimum atomic E-state index is -0.960. The third-order valence-corrected chi connectivity index (χ3v) is 10.2. The van der Waals surface area contributed by atoms with Gasteiger partial charge < -0.3 is 19.9 Å². The maximum Gasteiger partial charge on any atom is 0.308 e. The molecule has 3 amide bonds. The zero-order valence-corrected chi connectivity index (χ0v) is 25.3. The Bertz CT molecular complexity index is 1900. The standard InChI is InChI=1S/C30H24N4O9S2/c1-42-20-12-3-15(13-21(20)43-2)23-24-25(28(38)33(27(24)37)17-6-8-18(9-7-17)34(40)41)44-29-26(23)45-30(39)32(29)14-22(36)31-16-4-10-19(35)11-5-16/h3-13,23-25,35H,14H2,1-2H3,(H,31,36)/t23-,24?,25?/m1/s1. The molecule has 4 aromatic rings. The number of hydrogen-bond donors (Lipinski definition) is 2. The highest BCUT2D eigenvalue weighted by molar-refractivity contribution is 8.00. The Morgan fingerprint density at radius 2 is 1.67 bits per heavy atom. The maximum absolute atomic E-state index is 14.1. The Morgan fingerprint density at radius 1 is 0.978 bits per heavy atom. The summed E-state index contributed by atoms with van der Waals surface area (Å²) in [7, 11) is 2.95. The molecule has 0 saturated carbocycles. The second-order valence-corrected chi connectivity index (χ2v) is 12.3. The monoisotopic (exact) mass is 648 g/mol. The number of thioether (sulfide) groups is 1. The molecule has 0 spiro atoms. The van der Waals surface area contributed by atoms with E-state index in [4.69, 9.17) is 9.47 Å². The lowest BCUT2D eigenvalue weighted by Crippen LogP contribution is -2.33. The molecule has 2 unspecified atom stereocenters. The van der Waals surface area contributed by atoms with Gasteiger partial charge in [-0.05, 0) is 54.1 Å². The van der Waals surface area contributed by atoms with E-state index >= 15 is 0 Å². The fraction of sp³-hybridized carbons (Fsp3) is 0.200. The molecule has 2 aliphatic heterocycles. The molecule has 1 aromatic heterocycles. The first-order valence-electron chi connectivity index (χ1n) is 13.4. The van der Waals surface area contributed by atoms with E-state index in [0.717, 1.165) is 28.0 Å². The van der Waals surface area contributed by atoms with Crippen LogP contribution in [-0.4, -0.2) is 51.8 Å². The van der Waals surface area contributed by atoms with Gasteiger partial charge in [-0.2, -0.15) is 0 Å². The molecule has 3 heterocycles. The Morgan fingerprint density at radius 3 is 2.31 bits per heavy atom. The first-order valence-corrected chi connectivity index (χ1v) is 15.1. The number of nitrogens with zero attached hydrogens (tertiary/aromatic N) is 3. The fourth-order valence-electron chi connectivity index (χ4n) is 5.53. The molecule has 45 heavy (non-hydrogen) atoms. The Kier molecular flexibility index (Phi) is 7.80. The van der Waals surface area contributed by atoms with Crippen molar-refractivity contribution in [3.05, 3.63) is 97.0 Å². The highest BCUT2D eigenvalue weighted by Gasteiger charge is 2.57. The third kappa shape index (κ3) is 5.29. The van der Waals surface area contributed by atoms with Crippen LogP contribution in [0.2, 0.25) is 0 Å². The number of amides is 3. The number of carbonyl (C=O) groups is 3. The average Bonchev–Trinajstić information content (AvgIpc) is 3.47. The fourth-order valence-corrected chi connectivity index (χ4v) is 8.30. The van der Waals surface area contributed by atoms with Gasteiger partial charge in [0.05, 0.1) is 35.8 Å². The molecule has 0 bridgehead atoms. The van der Waals surface area contributed by atoms with Gasteiger partial charge in [0, 0.05) is 28.6 Å². The molecule has 0 aliphatic carbocycles. The SMILES string of the molecule is COc1ccc([C@H]2c3sc(=O)n(CC(=O)Nc4ccc(O)cc4)c3SC3C(=O)N(c4ccc([N+](=O)[O-])cc4)C(=O)C32)cc1OC. The lowest BCUT2D eigenvalue weighted by molar-refractivity contribution is -0.384. The normalized spacial score (nSPS) is 18.7. The summed E-state index contributed by atoms with van der Waals surface area (Å²) in [6, 6.07) is 16.1. The van der Waals surface area contributed by atoms with E-state index in [0.29, 0.717) is 32.7 Å². The molecule has 2 N–H and O–H groups in total. The quantitative estimate of drug-likeness (QED) is 0.123. The molecular weight excluding hydrogens is 624 g/mol. The van der Waals surface area contributed by atoms with Crippen LogP contribution in [0.3, 0.4) is 0 Å². The number of rotatable bonds is 8. The van der Waals surface area contributed by atoms with E-state index in [9.17, 15) is 34.4 Å². The number of nitrogens with one attached hydrogen (secondary N) is 1. The van der Waals surface area contributed by atoms with Gasteiger partial charge in [0.1, 0.15) is 17.5 Å². The van der Waals surface area contributed by atoms with Crippen molar-refractivity contribution in [2.45, 2.75) is 22.7 Å². The van der Waals surface area contributed by atoms with Crippen LogP contribution in [0.15, 0.2) is 76.6 Å². The van der Waals surface area contributed by atoms with Crippen LogP contribution in [0, 0.1) is 16.0 Å². The lowest BCUT2D eigenvalue weighted by atomic mass is 9.83. The number of anilines is 2. The van der Waals surface area contributed by atoms with E-state index in [1.807, 2.05) is 0 Å². The summed E-state index contributed by atoms with van der Waals surface area (Å²) in [5.41, 5.74) is 1.01. The van der Waals surface area contributed by atoms with Crippen molar-refractivity contribution in [2.24, 2.45) is 5.92 Å². The number of ether oxygens (including phenoxy) is 2. The predicted molar refractivity (Wildman–Crippen MR) is 165 cm³/mol.